The highest BCUT2D eigenvalue weighted by Crippen LogP contribution is 2.23. The van der Waals surface area contributed by atoms with Gasteiger partial charge in [-0.1, -0.05) is 6.92 Å². The summed E-state index contributed by atoms with van der Waals surface area (Å²) in [5.74, 6) is -1.23. The molecule has 0 bridgehead atoms. The highest BCUT2D eigenvalue weighted by Gasteiger charge is 2.19. The second-order valence-corrected chi connectivity index (χ2v) is 5.14. The van der Waals surface area contributed by atoms with Gasteiger partial charge < -0.3 is 15.2 Å². The van der Waals surface area contributed by atoms with Gasteiger partial charge in [-0.3, -0.25) is 4.79 Å². The Kier molecular flexibility index (Phi) is 5.91. The molecular weight excluding hydrogens is 268 g/mol. The van der Waals surface area contributed by atoms with Gasteiger partial charge in [-0.15, -0.1) is 11.3 Å². The number of hydrogen-bond donors (Lipinski definition) is 2. The molecule has 1 heterocycles. The van der Waals surface area contributed by atoms with Crippen LogP contribution >= 0.6 is 11.3 Å². The lowest BCUT2D eigenvalue weighted by Crippen LogP contribution is -2.30. The summed E-state index contributed by atoms with van der Waals surface area (Å²) < 4.78 is 5.13. The molecule has 0 aliphatic heterocycles. The number of carbonyl (C=O) groups is 2. The molecule has 2 N–H and O–H groups in total. The summed E-state index contributed by atoms with van der Waals surface area (Å²) in [4.78, 5) is 26.8. The van der Waals surface area contributed by atoms with Crippen molar-refractivity contribution in [2.24, 2.45) is 0 Å². The lowest BCUT2D eigenvalue weighted by Gasteiger charge is -2.11. The second kappa shape index (κ2) is 7.20. The van der Waals surface area contributed by atoms with Crippen LogP contribution in [0.2, 0.25) is 0 Å². The first-order valence-electron chi connectivity index (χ1n) is 6.03. The minimum absolute atomic E-state index is 0.00826. The fourth-order valence-electron chi connectivity index (χ4n) is 1.46. The number of nitrogens with one attached hydrogen (secondary N) is 1. The maximum absolute atomic E-state index is 11.6. The molecule has 0 spiro atoms. The molecule has 1 aromatic rings. The Morgan fingerprint density at radius 2 is 2.21 bits per heavy atom. The van der Waals surface area contributed by atoms with Crippen LogP contribution in [0, 0.1) is 6.92 Å². The fraction of sp³-hybridized carbons (Fsp3) is 0.583. The number of carbonyl (C=O) groups excluding carboxylic acids is 1. The average molecular weight is 286 g/mol. The lowest BCUT2D eigenvalue weighted by molar-refractivity contribution is -0.126. The van der Waals surface area contributed by atoms with Crippen LogP contribution in [0.3, 0.4) is 0 Å². The number of rotatable bonds is 7. The zero-order chi connectivity index (χ0) is 14.4. The Labute approximate surface area is 115 Å². The molecule has 1 aromatic heterocycles. The number of nitrogens with zero attached hydrogens (tertiary/aromatic N) is 1. The highest BCUT2D eigenvalue weighted by atomic mass is 32.1. The van der Waals surface area contributed by atoms with Crippen molar-refractivity contribution >= 4 is 23.2 Å². The van der Waals surface area contributed by atoms with E-state index in [1.54, 1.807) is 13.8 Å². The molecule has 0 aromatic carbocycles. The molecule has 1 atom stereocenters. The van der Waals surface area contributed by atoms with E-state index in [9.17, 15) is 9.59 Å². The van der Waals surface area contributed by atoms with E-state index in [1.807, 2.05) is 6.92 Å². The first-order valence-corrected chi connectivity index (χ1v) is 6.85. The van der Waals surface area contributed by atoms with Gasteiger partial charge in [-0.25, -0.2) is 9.78 Å². The van der Waals surface area contributed by atoms with Crippen molar-refractivity contribution in [3.8, 4) is 0 Å². The number of amides is 1. The molecule has 0 aliphatic carbocycles. The summed E-state index contributed by atoms with van der Waals surface area (Å²) in [6.45, 7) is 5.92. The fourth-order valence-corrected chi connectivity index (χ4v) is 2.36. The molecule has 1 amide bonds. The van der Waals surface area contributed by atoms with Crippen LogP contribution in [0.5, 0.6) is 0 Å². The van der Waals surface area contributed by atoms with E-state index in [1.165, 1.54) is 0 Å². The quantitative estimate of drug-likeness (QED) is 0.745. The Hall–Kier alpha value is -1.47. The molecule has 0 aliphatic rings. The van der Waals surface area contributed by atoms with E-state index in [-0.39, 0.29) is 23.4 Å². The number of aryl methyl sites for hydroxylation is 1. The van der Waals surface area contributed by atoms with Crippen LogP contribution in [0.4, 0.5) is 0 Å². The molecule has 106 valence electrons. The zero-order valence-corrected chi connectivity index (χ0v) is 12.0. The van der Waals surface area contributed by atoms with Crippen molar-refractivity contribution in [3.63, 3.8) is 0 Å². The number of carboxylic acids is 1. The van der Waals surface area contributed by atoms with Crippen LogP contribution in [0.25, 0.3) is 0 Å². The van der Waals surface area contributed by atoms with Crippen molar-refractivity contribution in [3.05, 3.63) is 15.6 Å². The van der Waals surface area contributed by atoms with Crippen LogP contribution in [-0.2, 0) is 9.53 Å². The van der Waals surface area contributed by atoms with Gasteiger partial charge in [0.25, 0.3) is 0 Å². The third-order valence-electron chi connectivity index (χ3n) is 2.34. The van der Waals surface area contributed by atoms with Crippen molar-refractivity contribution in [2.75, 3.05) is 13.2 Å². The Bertz CT molecular complexity index is 459. The summed E-state index contributed by atoms with van der Waals surface area (Å²) in [7, 11) is 0. The average Bonchev–Trinajstić information content (AvgIpc) is 2.72. The first kappa shape index (κ1) is 15.6. The highest BCUT2D eigenvalue weighted by molar-refractivity contribution is 7.13. The largest absolute Gasteiger partial charge is 0.477 e. The third-order valence-corrected chi connectivity index (χ3v) is 3.67. The molecule has 0 saturated carbocycles. The van der Waals surface area contributed by atoms with E-state index in [0.29, 0.717) is 17.3 Å². The maximum atomic E-state index is 11.6. The van der Waals surface area contributed by atoms with Crippen LogP contribution < -0.4 is 5.32 Å². The summed E-state index contributed by atoms with van der Waals surface area (Å²) in [6.07, 6.45) is 0.858. The molecule has 7 heteroatoms. The van der Waals surface area contributed by atoms with Gasteiger partial charge in [0.05, 0.1) is 11.7 Å². The van der Waals surface area contributed by atoms with Gasteiger partial charge in [0.15, 0.2) is 0 Å². The summed E-state index contributed by atoms with van der Waals surface area (Å²) in [5, 5.41) is 12.3. The number of aromatic nitrogens is 1. The van der Waals surface area contributed by atoms with Gasteiger partial charge in [-0.05, 0) is 20.3 Å². The normalized spacial score (nSPS) is 12.2. The monoisotopic (exact) mass is 286 g/mol. The molecule has 0 saturated heterocycles. The third kappa shape index (κ3) is 4.60. The van der Waals surface area contributed by atoms with Gasteiger partial charge in [0, 0.05) is 6.61 Å². The first-order chi connectivity index (χ1) is 8.95. The van der Waals surface area contributed by atoms with E-state index < -0.39 is 5.97 Å². The SMILES string of the molecule is CCCOCC(=O)NC(C)c1nc(C)c(C(=O)O)s1. The molecular formula is C12H18N2O4S. The molecule has 1 rings (SSSR count). The van der Waals surface area contributed by atoms with E-state index in [0.717, 1.165) is 17.8 Å². The van der Waals surface area contributed by atoms with Gasteiger partial charge in [0.2, 0.25) is 5.91 Å². The smallest absolute Gasteiger partial charge is 0.347 e. The van der Waals surface area contributed by atoms with Crippen LogP contribution in [0.1, 0.15) is 46.7 Å². The second-order valence-electron chi connectivity index (χ2n) is 4.11. The number of carboxylic acid groups (broad SMARTS) is 1. The maximum Gasteiger partial charge on any atom is 0.347 e. The van der Waals surface area contributed by atoms with Crippen molar-refractivity contribution in [2.45, 2.75) is 33.2 Å². The predicted octanol–water partition coefficient (Wildman–Crippen LogP) is 1.75. The predicted molar refractivity (Wildman–Crippen MR) is 71.5 cm³/mol. The molecule has 0 radical (unpaired) electrons. The molecule has 0 fully saturated rings. The van der Waals surface area contributed by atoms with Crippen molar-refractivity contribution in [1.29, 1.82) is 0 Å². The van der Waals surface area contributed by atoms with Crippen LogP contribution in [-0.4, -0.2) is 35.2 Å². The molecule has 19 heavy (non-hydrogen) atoms. The van der Waals surface area contributed by atoms with Crippen molar-refractivity contribution in [1.82, 2.24) is 10.3 Å². The molecule has 1 unspecified atom stereocenters. The van der Waals surface area contributed by atoms with Crippen molar-refractivity contribution < 1.29 is 19.4 Å². The standard InChI is InChI=1S/C12H18N2O4S/c1-4-5-18-6-9(15)13-8(3)11-14-7(2)10(19-11)12(16)17/h8H,4-6H2,1-3H3,(H,13,15)(H,16,17). The Balaban J connectivity index is 2.58. The summed E-state index contributed by atoms with van der Waals surface area (Å²) in [5.41, 5.74) is 0.468. The minimum Gasteiger partial charge on any atom is -0.477 e. The van der Waals surface area contributed by atoms with Gasteiger partial charge >= 0.3 is 5.97 Å². The van der Waals surface area contributed by atoms with Gasteiger partial charge in [-0.2, -0.15) is 0 Å². The lowest BCUT2D eigenvalue weighted by atomic mass is 10.3. The van der Waals surface area contributed by atoms with E-state index >= 15 is 0 Å². The number of aromatic carboxylic acids is 1. The number of ether oxygens (including phenoxy) is 1. The van der Waals surface area contributed by atoms with Gasteiger partial charge in [0.1, 0.15) is 16.5 Å². The summed E-state index contributed by atoms with van der Waals surface area (Å²) in [6, 6.07) is -0.325. The summed E-state index contributed by atoms with van der Waals surface area (Å²) >= 11 is 1.08. The minimum atomic E-state index is -0.994. The van der Waals surface area contributed by atoms with E-state index in [2.05, 4.69) is 10.3 Å². The number of thiazole rings is 1. The Morgan fingerprint density at radius 1 is 1.53 bits per heavy atom. The molecule has 6 nitrogen and oxygen atoms in total. The van der Waals surface area contributed by atoms with Crippen LogP contribution in [0.15, 0.2) is 0 Å². The number of hydrogen-bond acceptors (Lipinski definition) is 5. The zero-order valence-electron chi connectivity index (χ0n) is 11.2. The van der Waals surface area contributed by atoms with E-state index in [4.69, 9.17) is 9.84 Å². The topological polar surface area (TPSA) is 88.5 Å². The Morgan fingerprint density at radius 3 is 2.74 bits per heavy atom.